The minimum absolute atomic E-state index is 0.0973. The molecule has 0 bridgehead atoms. The molecule has 0 saturated heterocycles. The zero-order valence-corrected chi connectivity index (χ0v) is 16.9. The quantitative estimate of drug-likeness (QED) is 0.645. The smallest absolute Gasteiger partial charge is 0.325 e. The molecule has 7 nitrogen and oxygen atoms in total. The van der Waals surface area contributed by atoms with Gasteiger partial charge in [0.2, 0.25) is 15.7 Å². The average molecular weight is 431 g/mol. The van der Waals surface area contributed by atoms with Crippen molar-refractivity contribution in [3.63, 3.8) is 0 Å². The number of amides is 1. The van der Waals surface area contributed by atoms with E-state index in [9.17, 15) is 22.0 Å². The lowest BCUT2D eigenvalue weighted by atomic mass is 10.2. The van der Waals surface area contributed by atoms with Gasteiger partial charge in [0.05, 0.1) is 10.6 Å². The lowest BCUT2D eigenvalue weighted by molar-refractivity contribution is -0.113. The number of hydrogen-bond acceptors (Lipinski definition) is 6. The first-order valence-corrected chi connectivity index (χ1v) is 11.2. The summed E-state index contributed by atoms with van der Waals surface area (Å²) in [5.74, 6) is -2.56. The summed E-state index contributed by atoms with van der Waals surface area (Å²) in [4.78, 5) is 11.7. The summed E-state index contributed by atoms with van der Waals surface area (Å²) in [6, 6.07) is 5.04. The predicted octanol–water partition coefficient (Wildman–Crippen LogP) is 3.46. The molecule has 0 radical (unpaired) electrons. The SMILES string of the molecule is CC(C)c1nnc(SCC(=O)Nc2ccc(S(=O)(=O)C(F)F)cc2)n1C1CC1. The van der Waals surface area contributed by atoms with Gasteiger partial charge >= 0.3 is 5.76 Å². The molecule has 0 unspecified atom stereocenters. The molecule has 1 aromatic carbocycles. The molecular weight excluding hydrogens is 410 g/mol. The summed E-state index contributed by atoms with van der Waals surface area (Å²) in [5, 5.41) is 11.7. The van der Waals surface area contributed by atoms with E-state index in [-0.39, 0.29) is 17.6 Å². The van der Waals surface area contributed by atoms with Crippen LogP contribution in [0.1, 0.15) is 44.5 Å². The number of anilines is 1. The summed E-state index contributed by atoms with van der Waals surface area (Å²) >= 11 is 1.27. The standard InChI is InChI=1S/C17H20F2N4O3S2/c1-10(2)15-21-22-17(23(15)12-5-6-12)27-9-14(24)20-11-3-7-13(8-4-11)28(25,26)16(18)19/h3-4,7-8,10,12,16H,5-6,9H2,1-2H3,(H,20,24). The Kier molecular flexibility index (Phi) is 6.04. The van der Waals surface area contributed by atoms with E-state index < -0.39 is 20.5 Å². The van der Waals surface area contributed by atoms with Crippen LogP contribution in [-0.4, -0.2) is 40.6 Å². The third-order valence-electron chi connectivity index (χ3n) is 4.15. The highest BCUT2D eigenvalue weighted by Gasteiger charge is 2.30. The third-order valence-corrected chi connectivity index (χ3v) is 6.49. The molecule has 1 aliphatic carbocycles. The zero-order valence-electron chi connectivity index (χ0n) is 15.3. The minimum atomic E-state index is -4.65. The van der Waals surface area contributed by atoms with Crippen LogP contribution in [0.15, 0.2) is 34.3 Å². The molecule has 28 heavy (non-hydrogen) atoms. The number of alkyl halides is 2. The number of carbonyl (C=O) groups is 1. The van der Waals surface area contributed by atoms with Gasteiger partial charge in [-0.25, -0.2) is 8.42 Å². The van der Waals surface area contributed by atoms with Gasteiger partial charge in [0.25, 0.3) is 0 Å². The first-order valence-electron chi connectivity index (χ1n) is 8.69. The van der Waals surface area contributed by atoms with Crippen LogP contribution >= 0.6 is 11.8 Å². The van der Waals surface area contributed by atoms with Gasteiger partial charge in [0, 0.05) is 17.6 Å². The number of nitrogens with one attached hydrogen (secondary N) is 1. The maximum absolute atomic E-state index is 12.5. The molecule has 1 aliphatic rings. The van der Waals surface area contributed by atoms with Crippen molar-refractivity contribution in [1.29, 1.82) is 0 Å². The molecule has 1 heterocycles. The largest absolute Gasteiger partial charge is 0.341 e. The number of sulfone groups is 1. The molecule has 1 fully saturated rings. The van der Waals surface area contributed by atoms with E-state index in [1.54, 1.807) is 0 Å². The molecule has 3 rings (SSSR count). The number of thioether (sulfide) groups is 1. The molecule has 2 aromatic rings. The van der Waals surface area contributed by atoms with Gasteiger partial charge in [-0.2, -0.15) is 8.78 Å². The topological polar surface area (TPSA) is 94.0 Å². The number of benzene rings is 1. The Morgan fingerprint density at radius 3 is 2.43 bits per heavy atom. The molecule has 0 atom stereocenters. The summed E-state index contributed by atoms with van der Waals surface area (Å²) in [5.41, 5.74) is 0.324. The van der Waals surface area contributed by atoms with Crippen molar-refractivity contribution in [2.45, 2.75) is 54.5 Å². The van der Waals surface area contributed by atoms with E-state index in [4.69, 9.17) is 0 Å². The van der Waals surface area contributed by atoms with E-state index >= 15 is 0 Å². The third kappa shape index (κ3) is 4.52. The van der Waals surface area contributed by atoms with Gasteiger partial charge in [-0.05, 0) is 37.1 Å². The van der Waals surface area contributed by atoms with Crippen molar-refractivity contribution in [3.05, 3.63) is 30.1 Å². The van der Waals surface area contributed by atoms with Crippen molar-refractivity contribution < 1.29 is 22.0 Å². The number of nitrogens with zero attached hydrogens (tertiary/aromatic N) is 3. The highest BCUT2D eigenvalue weighted by Crippen LogP contribution is 2.40. The molecule has 0 spiro atoms. The summed E-state index contributed by atoms with van der Waals surface area (Å²) in [6.07, 6.45) is 2.15. The Balaban J connectivity index is 1.61. The lowest BCUT2D eigenvalue weighted by Crippen LogP contribution is -2.15. The summed E-state index contributed by atoms with van der Waals surface area (Å²) in [6.45, 7) is 4.09. The number of hydrogen-bond donors (Lipinski definition) is 1. The van der Waals surface area contributed by atoms with Crippen molar-refractivity contribution in [1.82, 2.24) is 14.8 Å². The molecular formula is C17H20F2N4O3S2. The molecule has 1 amide bonds. The van der Waals surface area contributed by atoms with Gasteiger partial charge < -0.3 is 9.88 Å². The van der Waals surface area contributed by atoms with E-state index in [0.717, 1.165) is 30.8 Å². The number of halogens is 2. The van der Waals surface area contributed by atoms with Crippen molar-refractivity contribution >= 4 is 33.2 Å². The summed E-state index contributed by atoms with van der Waals surface area (Å²) < 4.78 is 50.0. The number of aromatic nitrogens is 3. The van der Waals surface area contributed by atoms with Crippen LogP contribution in [0, 0.1) is 0 Å². The van der Waals surface area contributed by atoms with Crippen LogP contribution in [0.25, 0.3) is 0 Å². The van der Waals surface area contributed by atoms with Gasteiger partial charge in [-0.1, -0.05) is 25.6 Å². The Morgan fingerprint density at radius 2 is 1.89 bits per heavy atom. The molecule has 1 aromatic heterocycles. The average Bonchev–Trinajstić information content (AvgIpc) is 3.39. The lowest BCUT2D eigenvalue weighted by Gasteiger charge is -2.11. The second-order valence-electron chi connectivity index (χ2n) is 6.76. The van der Waals surface area contributed by atoms with E-state index in [0.29, 0.717) is 16.9 Å². The fourth-order valence-electron chi connectivity index (χ4n) is 2.61. The van der Waals surface area contributed by atoms with Gasteiger partial charge in [-0.15, -0.1) is 10.2 Å². The highest BCUT2D eigenvalue weighted by molar-refractivity contribution is 7.99. The van der Waals surface area contributed by atoms with Gasteiger partial charge in [-0.3, -0.25) is 4.79 Å². The second kappa shape index (κ2) is 8.16. The van der Waals surface area contributed by atoms with Crippen molar-refractivity contribution in [2.24, 2.45) is 0 Å². The highest BCUT2D eigenvalue weighted by atomic mass is 32.2. The predicted molar refractivity (Wildman–Crippen MR) is 101 cm³/mol. The summed E-state index contributed by atoms with van der Waals surface area (Å²) in [7, 11) is -4.65. The Labute approximate surface area is 165 Å². The zero-order chi connectivity index (χ0) is 20.5. The Morgan fingerprint density at radius 1 is 1.25 bits per heavy atom. The molecule has 11 heteroatoms. The first-order chi connectivity index (χ1) is 13.2. The van der Waals surface area contributed by atoms with Crippen LogP contribution in [0.5, 0.6) is 0 Å². The van der Waals surface area contributed by atoms with Crippen molar-refractivity contribution in [3.8, 4) is 0 Å². The second-order valence-corrected chi connectivity index (χ2v) is 9.62. The molecule has 1 N–H and O–H groups in total. The van der Waals surface area contributed by atoms with Crippen LogP contribution in [0.4, 0.5) is 14.5 Å². The van der Waals surface area contributed by atoms with Gasteiger partial charge in [0.15, 0.2) is 5.16 Å². The molecule has 1 saturated carbocycles. The minimum Gasteiger partial charge on any atom is -0.325 e. The van der Waals surface area contributed by atoms with Crippen molar-refractivity contribution in [2.75, 3.05) is 11.1 Å². The Bertz CT molecular complexity index is 955. The fraction of sp³-hybridized carbons (Fsp3) is 0.471. The fourth-order valence-corrected chi connectivity index (χ4v) is 4.15. The van der Waals surface area contributed by atoms with Crippen LogP contribution in [0.3, 0.4) is 0 Å². The van der Waals surface area contributed by atoms with E-state index in [2.05, 4.69) is 20.1 Å². The van der Waals surface area contributed by atoms with E-state index in [1.165, 1.54) is 23.9 Å². The first kappa shape index (κ1) is 20.7. The number of rotatable bonds is 8. The normalized spacial score (nSPS) is 14.6. The monoisotopic (exact) mass is 430 g/mol. The van der Waals surface area contributed by atoms with Crippen LogP contribution in [-0.2, 0) is 14.6 Å². The molecule has 0 aliphatic heterocycles. The maximum Gasteiger partial charge on any atom is 0.341 e. The Hall–Kier alpha value is -2.01. The maximum atomic E-state index is 12.5. The number of carbonyl (C=O) groups excluding carboxylic acids is 1. The van der Waals surface area contributed by atoms with E-state index in [1.807, 2.05) is 13.8 Å². The molecule has 152 valence electrons. The van der Waals surface area contributed by atoms with Gasteiger partial charge in [0.1, 0.15) is 5.82 Å². The van der Waals surface area contributed by atoms with Crippen LogP contribution < -0.4 is 5.32 Å². The van der Waals surface area contributed by atoms with Crippen LogP contribution in [0.2, 0.25) is 0 Å².